The zero-order valence-electron chi connectivity index (χ0n) is 6.99. The number of hydrogen-bond acceptors (Lipinski definition) is 4. The fraction of sp³-hybridized carbons (Fsp3) is 0.375. The van der Waals surface area contributed by atoms with Crippen molar-refractivity contribution in [1.82, 2.24) is 10.3 Å². The highest BCUT2D eigenvalue weighted by atomic mass is 16.6. The molecule has 0 saturated heterocycles. The van der Waals surface area contributed by atoms with Crippen LogP contribution in [0.15, 0.2) is 12.1 Å². The number of aromatic nitrogens is 1. The van der Waals surface area contributed by atoms with Crippen molar-refractivity contribution in [2.45, 2.75) is 13.0 Å². The minimum Gasteiger partial charge on any atom is -0.358 e. The largest absolute Gasteiger partial charge is 0.363 e. The third-order valence-corrected chi connectivity index (χ3v) is 2.09. The molecule has 5 nitrogen and oxygen atoms in total. The lowest BCUT2D eigenvalue weighted by atomic mass is 10.1. The molecule has 2 rings (SSSR count). The van der Waals surface area contributed by atoms with Crippen molar-refractivity contribution in [1.29, 1.82) is 0 Å². The number of fused-ring (bicyclic) bond motifs is 1. The lowest BCUT2D eigenvalue weighted by Crippen LogP contribution is -2.24. The SMILES string of the molecule is O=[N+]([O-])c1ccc2c(n1)CCNC2. The summed E-state index contributed by atoms with van der Waals surface area (Å²) in [6, 6.07) is 3.22. The lowest BCUT2D eigenvalue weighted by molar-refractivity contribution is -0.389. The molecule has 1 aliphatic heterocycles. The van der Waals surface area contributed by atoms with E-state index in [1.54, 1.807) is 6.07 Å². The van der Waals surface area contributed by atoms with Gasteiger partial charge in [-0.2, -0.15) is 0 Å². The second-order valence-corrected chi connectivity index (χ2v) is 2.96. The van der Waals surface area contributed by atoms with Crippen LogP contribution in [0.2, 0.25) is 0 Å². The third kappa shape index (κ3) is 1.50. The summed E-state index contributed by atoms with van der Waals surface area (Å²) in [6.45, 7) is 1.61. The predicted molar refractivity (Wildman–Crippen MR) is 46.3 cm³/mol. The van der Waals surface area contributed by atoms with Crippen LogP contribution in [0.1, 0.15) is 11.3 Å². The van der Waals surface area contributed by atoms with Gasteiger partial charge in [-0.3, -0.25) is 0 Å². The van der Waals surface area contributed by atoms with E-state index in [4.69, 9.17) is 0 Å². The first-order chi connectivity index (χ1) is 6.27. The second kappa shape index (κ2) is 3.10. The Balaban J connectivity index is 2.40. The van der Waals surface area contributed by atoms with Crippen molar-refractivity contribution in [3.05, 3.63) is 33.5 Å². The smallest absolute Gasteiger partial charge is 0.358 e. The molecule has 0 fully saturated rings. The van der Waals surface area contributed by atoms with Crippen molar-refractivity contribution >= 4 is 5.82 Å². The molecule has 0 spiro atoms. The van der Waals surface area contributed by atoms with Crippen LogP contribution in [0.25, 0.3) is 0 Å². The summed E-state index contributed by atoms with van der Waals surface area (Å²) in [6.07, 6.45) is 0.775. The van der Waals surface area contributed by atoms with E-state index in [0.717, 1.165) is 30.8 Å². The quantitative estimate of drug-likeness (QED) is 0.507. The van der Waals surface area contributed by atoms with Gasteiger partial charge in [0.25, 0.3) is 0 Å². The van der Waals surface area contributed by atoms with E-state index in [0.29, 0.717) is 0 Å². The molecule has 1 aromatic heterocycles. The highest BCUT2D eigenvalue weighted by Crippen LogP contribution is 2.15. The van der Waals surface area contributed by atoms with Gasteiger partial charge in [-0.1, -0.05) is 0 Å². The van der Waals surface area contributed by atoms with Crippen LogP contribution in [0, 0.1) is 10.1 Å². The van der Waals surface area contributed by atoms with Gasteiger partial charge in [0.1, 0.15) is 0 Å². The first-order valence-electron chi connectivity index (χ1n) is 4.11. The number of nitro groups is 1. The lowest BCUT2D eigenvalue weighted by Gasteiger charge is -2.11. The van der Waals surface area contributed by atoms with Crippen LogP contribution >= 0.6 is 0 Å². The molecule has 13 heavy (non-hydrogen) atoms. The maximum Gasteiger partial charge on any atom is 0.363 e. The molecule has 0 amide bonds. The van der Waals surface area contributed by atoms with Crippen molar-refractivity contribution in [3.8, 4) is 0 Å². The molecule has 68 valence electrons. The van der Waals surface area contributed by atoms with E-state index >= 15 is 0 Å². The van der Waals surface area contributed by atoms with Gasteiger partial charge in [0.05, 0.1) is 0 Å². The summed E-state index contributed by atoms with van der Waals surface area (Å²) in [4.78, 5) is 13.9. The number of hydrogen-bond donors (Lipinski definition) is 1. The molecule has 0 atom stereocenters. The molecule has 0 bridgehead atoms. The monoisotopic (exact) mass is 179 g/mol. The minimum absolute atomic E-state index is 0.0550. The third-order valence-electron chi connectivity index (χ3n) is 2.09. The molecule has 0 radical (unpaired) electrons. The molecule has 5 heteroatoms. The van der Waals surface area contributed by atoms with E-state index in [2.05, 4.69) is 10.3 Å². The summed E-state index contributed by atoms with van der Waals surface area (Å²) >= 11 is 0. The summed E-state index contributed by atoms with van der Waals surface area (Å²) in [5, 5.41) is 13.6. The Labute approximate surface area is 74.9 Å². The molecule has 1 aromatic rings. The van der Waals surface area contributed by atoms with Crippen LogP contribution in [0.3, 0.4) is 0 Å². The molecular formula is C8H9N3O2. The van der Waals surface area contributed by atoms with E-state index < -0.39 is 4.92 Å². The standard InChI is InChI=1S/C8H9N3O2/c12-11(13)8-2-1-6-5-9-4-3-7(6)10-8/h1-2,9H,3-5H2. The zero-order chi connectivity index (χ0) is 9.26. The average molecular weight is 179 g/mol. The van der Waals surface area contributed by atoms with E-state index in [1.807, 2.05) is 0 Å². The van der Waals surface area contributed by atoms with E-state index in [1.165, 1.54) is 6.07 Å². The van der Waals surface area contributed by atoms with Gasteiger partial charge in [0.2, 0.25) is 0 Å². The van der Waals surface area contributed by atoms with Crippen molar-refractivity contribution in [2.75, 3.05) is 6.54 Å². The molecule has 0 unspecified atom stereocenters. The van der Waals surface area contributed by atoms with Gasteiger partial charge >= 0.3 is 5.82 Å². The Morgan fingerprint density at radius 1 is 1.54 bits per heavy atom. The van der Waals surface area contributed by atoms with E-state index in [9.17, 15) is 10.1 Å². The Morgan fingerprint density at radius 3 is 3.15 bits per heavy atom. The van der Waals surface area contributed by atoms with Gasteiger partial charge < -0.3 is 15.4 Å². The van der Waals surface area contributed by atoms with E-state index in [-0.39, 0.29) is 5.82 Å². The van der Waals surface area contributed by atoms with Crippen LogP contribution in [-0.4, -0.2) is 16.5 Å². The molecule has 0 aromatic carbocycles. The Hall–Kier alpha value is -1.49. The van der Waals surface area contributed by atoms with Crippen molar-refractivity contribution in [3.63, 3.8) is 0 Å². The molecule has 0 saturated carbocycles. The van der Waals surface area contributed by atoms with Crippen molar-refractivity contribution < 1.29 is 4.92 Å². The maximum absolute atomic E-state index is 10.4. The van der Waals surface area contributed by atoms with Gasteiger partial charge in [-0.05, 0) is 16.0 Å². The van der Waals surface area contributed by atoms with Crippen LogP contribution in [0.4, 0.5) is 5.82 Å². The summed E-state index contributed by atoms with van der Waals surface area (Å²) in [7, 11) is 0. The van der Waals surface area contributed by atoms with Gasteiger partial charge in [-0.25, -0.2) is 0 Å². The van der Waals surface area contributed by atoms with Crippen LogP contribution in [-0.2, 0) is 13.0 Å². The molecule has 2 heterocycles. The second-order valence-electron chi connectivity index (χ2n) is 2.96. The maximum atomic E-state index is 10.4. The summed E-state index contributed by atoms with van der Waals surface area (Å²) < 4.78 is 0. The molecular weight excluding hydrogens is 170 g/mol. The number of nitrogens with one attached hydrogen (secondary N) is 1. The predicted octanol–water partition coefficient (Wildman–Crippen LogP) is 0.635. The summed E-state index contributed by atoms with van der Waals surface area (Å²) in [5.74, 6) is -0.0550. The fourth-order valence-corrected chi connectivity index (χ4v) is 1.43. The normalized spacial score (nSPS) is 15.1. The Kier molecular flexibility index (Phi) is 1.94. The molecule has 0 aliphatic carbocycles. The average Bonchev–Trinajstić information content (AvgIpc) is 2.17. The topological polar surface area (TPSA) is 68.1 Å². The minimum atomic E-state index is -0.456. The molecule has 1 N–H and O–H groups in total. The first-order valence-corrected chi connectivity index (χ1v) is 4.11. The highest BCUT2D eigenvalue weighted by Gasteiger charge is 2.17. The highest BCUT2D eigenvalue weighted by molar-refractivity contribution is 5.30. The fourth-order valence-electron chi connectivity index (χ4n) is 1.43. The molecule has 1 aliphatic rings. The zero-order valence-corrected chi connectivity index (χ0v) is 6.99. The Bertz CT molecular complexity index is 351. The summed E-state index contributed by atoms with van der Waals surface area (Å²) in [5.41, 5.74) is 1.92. The number of rotatable bonds is 1. The first kappa shape index (κ1) is 8.12. The number of pyridine rings is 1. The Morgan fingerprint density at radius 2 is 2.38 bits per heavy atom. The number of nitrogens with zero attached hydrogens (tertiary/aromatic N) is 2. The van der Waals surface area contributed by atoms with Crippen molar-refractivity contribution in [2.24, 2.45) is 0 Å². The van der Waals surface area contributed by atoms with Gasteiger partial charge in [0.15, 0.2) is 5.69 Å². The van der Waals surface area contributed by atoms with Gasteiger partial charge in [0, 0.05) is 31.1 Å². The van der Waals surface area contributed by atoms with Gasteiger partial charge in [-0.15, -0.1) is 0 Å². The van der Waals surface area contributed by atoms with Crippen LogP contribution in [0.5, 0.6) is 0 Å². The van der Waals surface area contributed by atoms with Crippen LogP contribution < -0.4 is 5.32 Å².